The summed E-state index contributed by atoms with van der Waals surface area (Å²) in [6.07, 6.45) is 3.20. The third kappa shape index (κ3) is 3.18. The zero-order valence-corrected chi connectivity index (χ0v) is 10.5. The number of amides is 1. The normalized spacial score (nSPS) is 10.6. The van der Waals surface area contributed by atoms with Crippen molar-refractivity contribution < 1.29 is 4.79 Å². The van der Waals surface area contributed by atoms with E-state index in [-0.39, 0.29) is 5.91 Å². The maximum Gasteiger partial charge on any atom is 0.255 e. The predicted molar refractivity (Wildman–Crippen MR) is 70.4 cm³/mol. The van der Waals surface area contributed by atoms with Gasteiger partial charge in [-0.25, -0.2) is 0 Å². The SMILES string of the molecule is CN(C)Cc1ccc(C(=O)Nc2cn[nH]c2)cc1. The molecule has 1 amide bonds. The van der Waals surface area contributed by atoms with Gasteiger partial charge in [0.1, 0.15) is 0 Å². The third-order valence-electron chi connectivity index (χ3n) is 2.47. The number of anilines is 1. The van der Waals surface area contributed by atoms with E-state index in [2.05, 4.69) is 20.4 Å². The second kappa shape index (κ2) is 5.46. The molecule has 0 bridgehead atoms. The molecule has 1 heterocycles. The molecule has 94 valence electrons. The van der Waals surface area contributed by atoms with E-state index >= 15 is 0 Å². The lowest BCUT2D eigenvalue weighted by Crippen LogP contribution is -2.13. The topological polar surface area (TPSA) is 61.0 Å². The molecule has 18 heavy (non-hydrogen) atoms. The molecule has 1 aromatic carbocycles. The summed E-state index contributed by atoms with van der Waals surface area (Å²) in [7, 11) is 4.03. The number of aromatic amines is 1. The van der Waals surface area contributed by atoms with Crippen molar-refractivity contribution in [1.82, 2.24) is 15.1 Å². The molecule has 0 spiro atoms. The molecule has 2 N–H and O–H groups in total. The Balaban J connectivity index is 2.03. The van der Waals surface area contributed by atoms with Crippen LogP contribution in [0.4, 0.5) is 5.69 Å². The van der Waals surface area contributed by atoms with E-state index in [9.17, 15) is 4.79 Å². The van der Waals surface area contributed by atoms with E-state index in [1.165, 1.54) is 5.56 Å². The van der Waals surface area contributed by atoms with Gasteiger partial charge in [0, 0.05) is 18.3 Å². The predicted octanol–water partition coefficient (Wildman–Crippen LogP) is 1.72. The number of carbonyl (C=O) groups excluding carboxylic acids is 1. The van der Waals surface area contributed by atoms with E-state index in [4.69, 9.17) is 0 Å². The molecule has 0 atom stereocenters. The van der Waals surface area contributed by atoms with Crippen LogP contribution in [0.2, 0.25) is 0 Å². The van der Waals surface area contributed by atoms with Gasteiger partial charge >= 0.3 is 0 Å². The summed E-state index contributed by atoms with van der Waals surface area (Å²) in [5, 5.41) is 9.17. The molecule has 2 aromatic rings. The van der Waals surface area contributed by atoms with Crippen molar-refractivity contribution in [2.45, 2.75) is 6.54 Å². The first-order valence-electron chi connectivity index (χ1n) is 5.69. The minimum atomic E-state index is -0.132. The van der Waals surface area contributed by atoms with E-state index < -0.39 is 0 Å². The summed E-state index contributed by atoms with van der Waals surface area (Å²) in [5.74, 6) is -0.132. The molecular weight excluding hydrogens is 228 g/mol. The van der Waals surface area contributed by atoms with Gasteiger partial charge < -0.3 is 10.2 Å². The zero-order chi connectivity index (χ0) is 13.0. The molecule has 5 heteroatoms. The van der Waals surface area contributed by atoms with E-state index in [1.54, 1.807) is 12.4 Å². The first-order chi connectivity index (χ1) is 8.65. The average Bonchev–Trinajstić information content (AvgIpc) is 2.82. The van der Waals surface area contributed by atoms with Crippen molar-refractivity contribution in [3.8, 4) is 0 Å². The van der Waals surface area contributed by atoms with Gasteiger partial charge in [-0.15, -0.1) is 0 Å². The average molecular weight is 244 g/mol. The smallest absolute Gasteiger partial charge is 0.255 e. The number of benzene rings is 1. The van der Waals surface area contributed by atoms with Crippen molar-refractivity contribution in [3.05, 3.63) is 47.8 Å². The summed E-state index contributed by atoms with van der Waals surface area (Å²) in [4.78, 5) is 14.0. The molecule has 2 rings (SSSR count). The molecule has 0 fully saturated rings. The minimum absolute atomic E-state index is 0.132. The molecule has 0 unspecified atom stereocenters. The van der Waals surface area contributed by atoms with Crippen LogP contribution in [-0.2, 0) is 6.54 Å². The summed E-state index contributed by atoms with van der Waals surface area (Å²) in [5.41, 5.74) is 2.48. The summed E-state index contributed by atoms with van der Waals surface area (Å²) < 4.78 is 0. The summed E-state index contributed by atoms with van der Waals surface area (Å²) in [6.45, 7) is 0.865. The second-order valence-corrected chi connectivity index (χ2v) is 4.38. The highest BCUT2D eigenvalue weighted by molar-refractivity contribution is 6.04. The Morgan fingerprint density at radius 2 is 2.06 bits per heavy atom. The van der Waals surface area contributed by atoms with Crippen LogP contribution in [-0.4, -0.2) is 35.1 Å². The van der Waals surface area contributed by atoms with Crippen LogP contribution in [0.15, 0.2) is 36.7 Å². The van der Waals surface area contributed by atoms with Gasteiger partial charge in [-0.1, -0.05) is 12.1 Å². The highest BCUT2D eigenvalue weighted by Crippen LogP contribution is 2.09. The summed E-state index contributed by atoms with van der Waals surface area (Å²) in [6, 6.07) is 7.58. The number of hydrogen-bond donors (Lipinski definition) is 2. The Kier molecular flexibility index (Phi) is 3.74. The van der Waals surface area contributed by atoms with Crippen molar-refractivity contribution in [2.75, 3.05) is 19.4 Å². The number of nitrogens with zero attached hydrogens (tertiary/aromatic N) is 2. The highest BCUT2D eigenvalue weighted by atomic mass is 16.1. The Labute approximate surface area is 106 Å². The van der Waals surface area contributed by atoms with Crippen LogP contribution >= 0.6 is 0 Å². The molecule has 5 nitrogen and oxygen atoms in total. The largest absolute Gasteiger partial charge is 0.319 e. The van der Waals surface area contributed by atoms with E-state index in [1.807, 2.05) is 38.4 Å². The molecular formula is C13H16N4O. The number of hydrogen-bond acceptors (Lipinski definition) is 3. The minimum Gasteiger partial charge on any atom is -0.319 e. The lowest BCUT2D eigenvalue weighted by Gasteiger charge is -2.09. The van der Waals surface area contributed by atoms with Gasteiger partial charge in [0.15, 0.2) is 0 Å². The molecule has 1 aromatic heterocycles. The van der Waals surface area contributed by atoms with Crippen LogP contribution in [0.5, 0.6) is 0 Å². The number of rotatable bonds is 4. The molecule has 0 radical (unpaired) electrons. The van der Waals surface area contributed by atoms with Gasteiger partial charge in [-0.05, 0) is 31.8 Å². The monoisotopic (exact) mass is 244 g/mol. The quantitative estimate of drug-likeness (QED) is 0.861. The lowest BCUT2D eigenvalue weighted by molar-refractivity contribution is 0.102. The molecule has 0 aliphatic heterocycles. The van der Waals surface area contributed by atoms with Crippen LogP contribution in [0.1, 0.15) is 15.9 Å². The van der Waals surface area contributed by atoms with Crippen LogP contribution in [0.25, 0.3) is 0 Å². The first-order valence-corrected chi connectivity index (χ1v) is 5.69. The summed E-state index contributed by atoms with van der Waals surface area (Å²) >= 11 is 0. The number of carbonyl (C=O) groups is 1. The van der Waals surface area contributed by atoms with Gasteiger partial charge in [0.2, 0.25) is 0 Å². The molecule has 0 aliphatic carbocycles. The standard InChI is InChI=1S/C13H16N4O/c1-17(2)9-10-3-5-11(6-4-10)13(18)16-12-7-14-15-8-12/h3-8H,9H2,1-2H3,(H,14,15)(H,16,18). The third-order valence-corrected chi connectivity index (χ3v) is 2.47. The van der Waals surface area contributed by atoms with Crippen LogP contribution in [0.3, 0.4) is 0 Å². The fourth-order valence-corrected chi connectivity index (χ4v) is 1.65. The van der Waals surface area contributed by atoms with Gasteiger partial charge in [-0.2, -0.15) is 5.10 Å². The Bertz CT molecular complexity index is 502. The van der Waals surface area contributed by atoms with Crippen molar-refractivity contribution in [2.24, 2.45) is 0 Å². The molecule has 0 saturated heterocycles. The number of aromatic nitrogens is 2. The second-order valence-electron chi connectivity index (χ2n) is 4.38. The highest BCUT2D eigenvalue weighted by Gasteiger charge is 2.06. The van der Waals surface area contributed by atoms with Crippen LogP contribution in [0, 0.1) is 0 Å². The van der Waals surface area contributed by atoms with Gasteiger partial charge in [0.05, 0.1) is 11.9 Å². The van der Waals surface area contributed by atoms with Gasteiger partial charge in [-0.3, -0.25) is 9.89 Å². The maximum absolute atomic E-state index is 11.9. The first kappa shape index (κ1) is 12.3. The molecule has 0 aliphatic rings. The van der Waals surface area contributed by atoms with Gasteiger partial charge in [0.25, 0.3) is 5.91 Å². The Morgan fingerprint density at radius 1 is 1.33 bits per heavy atom. The number of H-pyrrole nitrogens is 1. The van der Waals surface area contributed by atoms with E-state index in [0.29, 0.717) is 11.3 Å². The van der Waals surface area contributed by atoms with Crippen molar-refractivity contribution in [3.63, 3.8) is 0 Å². The Morgan fingerprint density at radius 3 is 2.61 bits per heavy atom. The fraction of sp³-hybridized carbons (Fsp3) is 0.231. The maximum atomic E-state index is 11.9. The lowest BCUT2D eigenvalue weighted by atomic mass is 10.1. The Hall–Kier alpha value is -2.14. The van der Waals surface area contributed by atoms with Crippen LogP contribution < -0.4 is 5.32 Å². The molecule has 0 saturated carbocycles. The number of nitrogens with one attached hydrogen (secondary N) is 2. The van der Waals surface area contributed by atoms with E-state index in [0.717, 1.165) is 6.54 Å². The zero-order valence-electron chi connectivity index (χ0n) is 10.5. The fourth-order valence-electron chi connectivity index (χ4n) is 1.65. The van der Waals surface area contributed by atoms with Crippen molar-refractivity contribution in [1.29, 1.82) is 0 Å². The van der Waals surface area contributed by atoms with Crippen molar-refractivity contribution >= 4 is 11.6 Å².